The van der Waals surface area contributed by atoms with Gasteiger partial charge in [0.05, 0.1) is 11.1 Å². The molecule has 2 aliphatic heterocycles. The van der Waals surface area contributed by atoms with E-state index in [0.29, 0.717) is 16.9 Å². The van der Waals surface area contributed by atoms with E-state index in [1.807, 2.05) is 18.2 Å². The van der Waals surface area contributed by atoms with E-state index in [2.05, 4.69) is 34.9 Å². The standard InChI is InChI=1S/C22H25ClN2O2/c1-14-6-3-4-8-18(14)22-19-13-24(11-17(19)12-25(22)15(2)26)10-16-7-5-9-20(27)21(16)23/h3-9,17,19,22,27H,10-13H2,1-2H3/t17-,19-,22-/m1/s1. The third kappa shape index (κ3) is 3.32. The Morgan fingerprint density at radius 3 is 2.67 bits per heavy atom. The highest BCUT2D eigenvalue weighted by molar-refractivity contribution is 6.32. The smallest absolute Gasteiger partial charge is 0.219 e. The van der Waals surface area contributed by atoms with Crippen molar-refractivity contribution in [3.8, 4) is 5.75 Å². The zero-order valence-electron chi connectivity index (χ0n) is 15.7. The molecule has 4 nitrogen and oxygen atoms in total. The van der Waals surface area contributed by atoms with E-state index in [-0.39, 0.29) is 17.7 Å². The number of carbonyl (C=O) groups excluding carboxylic acids is 1. The van der Waals surface area contributed by atoms with Gasteiger partial charge in [0.15, 0.2) is 0 Å². The zero-order chi connectivity index (χ0) is 19.1. The second-order valence-electron chi connectivity index (χ2n) is 7.84. The van der Waals surface area contributed by atoms with Crippen molar-refractivity contribution in [2.45, 2.75) is 26.4 Å². The largest absolute Gasteiger partial charge is 0.506 e. The highest BCUT2D eigenvalue weighted by atomic mass is 35.5. The summed E-state index contributed by atoms with van der Waals surface area (Å²) in [7, 11) is 0. The minimum atomic E-state index is 0.133. The molecule has 142 valence electrons. The predicted molar refractivity (Wildman–Crippen MR) is 107 cm³/mol. The number of amides is 1. The molecule has 0 unspecified atom stereocenters. The number of halogens is 1. The third-order valence-electron chi connectivity index (χ3n) is 6.10. The molecule has 2 aliphatic rings. The van der Waals surface area contributed by atoms with Crippen LogP contribution < -0.4 is 0 Å². The van der Waals surface area contributed by atoms with Crippen molar-refractivity contribution in [3.63, 3.8) is 0 Å². The SMILES string of the molecule is CC(=O)N1C[C@H]2CN(Cc3cccc(O)c3Cl)C[C@H]2[C@H]1c1ccccc1C. The molecule has 0 saturated carbocycles. The number of rotatable bonds is 3. The number of likely N-dealkylation sites (tertiary alicyclic amines) is 2. The van der Waals surface area contributed by atoms with Gasteiger partial charge < -0.3 is 10.0 Å². The van der Waals surface area contributed by atoms with Crippen LogP contribution in [-0.2, 0) is 11.3 Å². The zero-order valence-corrected chi connectivity index (χ0v) is 16.5. The molecule has 0 radical (unpaired) electrons. The Balaban J connectivity index is 1.58. The van der Waals surface area contributed by atoms with Gasteiger partial charge in [0, 0.05) is 39.0 Å². The lowest BCUT2D eigenvalue weighted by molar-refractivity contribution is -0.130. The molecule has 2 fully saturated rings. The fourth-order valence-electron chi connectivity index (χ4n) is 4.84. The molecule has 2 aromatic carbocycles. The minimum absolute atomic E-state index is 0.133. The Bertz CT molecular complexity index is 869. The maximum Gasteiger partial charge on any atom is 0.219 e. The molecular weight excluding hydrogens is 360 g/mol. The summed E-state index contributed by atoms with van der Waals surface area (Å²) in [5.74, 6) is 1.18. The van der Waals surface area contributed by atoms with Crippen molar-refractivity contribution in [1.29, 1.82) is 0 Å². The van der Waals surface area contributed by atoms with Gasteiger partial charge in [0.1, 0.15) is 5.75 Å². The summed E-state index contributed by atoms with van der Waals surface area (Å²) in [4.78, 5) is 16.7. The van der Waals surface area contributed by atoms with Gasteiger partial charge in [-0.05, 0) is 35.6 Å². The number of hydrogen-bond donors (Lipinski definition) is 1. The van der Waals surface area contributed by atoms with E-state index >= 15 is 0 Å². The van der Waals surface area contributed by atoms with Gasteiger partial charge in [0.2, 0.25) is 5.91 Å². The van der Waals surface area contributed by atoms with Crippen LogP contribution in [0.25, 0.3) is 0 Å². The lowest BCUT2D eigenvalue weighted by Crippen LogP contribution is -2.34. The summed E-state index contributed by atoms with van der Waals surface area (Å²) in [6.07, 6.45) is 0. The highest BCUT2D eigenvalue weighted by Crippen LogP contribution is 2.46. The van der Waals surface area contributed by atoms with Crippen LogP contribution in [0.2, 0.25) is 5.02 Å². The number of benzene rings is 2. The van der Waals surface area contributed by atoms with Crippen LogP contribution in [0.1, 0.15) is 29.7 Å². The summed E-state index contributed by atoms with van der Waals surface area (Å²) in [6.45, 7) is 7.21. The summed E-state index contributed by atoms with van der Waals surface area (Å²) in [6, 6.07) is 14.0. The van der Waals surface area contributed by atoms with E-state index in [9.17, 15) is 9.90 Å². The second kappa shape index (κ2) is 7.17. The lowest BCUT2D eigenvalue weighted by atomic mass is 9.87. The second-order valence-corrected chi connectivity index (χ2v) is 8.22. The maximum atomic E-state index is 12.3. The van der Waals surface area contributed by atoms with E-state index in [1.165, 1.54) is 11.1 Å². The van der Waals surface area contributed by atoms with E-state index in [4.69, 9.17) is 11.6 Å². The first-order valence-electron chi connectivity index (χ1n) is 9.47. The molecule has 1 N–H and O–H groups in total. The molecule has 2 aromatic rings. The van der Waals surface area contributed by atoms with Crippen molar-refractivity contribution < 1.29 is 9.90 Å². The number of phenols is 1. The van der Waals surface area contributed by atoms with Gasteiger partial charge in [-0.15, -0.1) is 0 Å². The van der Waals surface area contributed by atoms with Gasteiger partial charge >= 0.3 is 0 Å². The highest BCUT2D eigenvalue weighted by Gasteiger charge is 2.48. The third-order valence-corrected chi connectivity index (χ3v) is 6.54. The number of hydrogen-bond acceptors (Lipinski definition) is 3. The van der Waals surface area contributed by atoms with Crippen molar-refractivity contribution in [1.82, 2.24) is 9.80 Å². The monoisotopic (exact) mass is 384 g/mol. The van der Waals surface area contributed by atoms with Gasteiger partial charge in [-0.1, -0.05) is 48.0 Å². The van der Waals surface area contributed by atoms with E-state index in [0.717, 1.165) is 31.7 Å². The minimum Gasteiger partial charge on any atom is -0.506 e. The molecule has 2 saturated heterocycles. The Labute approximate surface area is 165 Å². The van der Waals surface area contributed by atoms with Crippen LogP contribution >= 0.6 is 11.6 Å². The first kappa shape index (κ1) is 18.3. The quantitative estimate of drug-likeness (QED) is 0.869. The molecule has 4 rings (SSSR count). The summed E-state index contributed by atoms with van der Waals surface area (Å²) in [5, 5.41) is 10.3. The first-order valence-corrected chi connectivity index (χ1v) is 9.85. The summed E-state index contributed by atoms with van der Waals surface area (Å²) >= 11 is 6.27. The average molecular weight is 385 g/mol. The molecule has 2 heterocycles. The molecule has 0 bridgehead atoms. The van der Waals surface area contributed by atoms with Gasteiger partial charge in [-0.2, -0.15) is 0 Å². The molecule has 0 spiro atoms. The fourth-order valence-corrected chi connectivity index (χ4v) is 5.02. The molecule has 5 heteroatoms. The fraction of sp³-hybridized carbons (Fsp3) is 0.409. The van der Waals surface area contributed by atoms with Gasteiger partial charge in [0.25, 0.3) is 0 Å². The molecule has 0 aliphatic carbocycles. The normalized spacial score (nSPS) is 25.0. The molecule has 0 aromatic heterocycles. The van der Waals surface area contributed by atoms with Crippen LogP contribution in [0.15, 0.2) is 42.5 Å². The van der Waals surface area contributed by atoms with Crippen molar-refractivity contribution >= 4 is 17.5 Å². The first-order chi connectivity index (χ1) is 13.0. The average Bonchev–Trinajstić information content (AvgIpc) is 3.17. The molecular formula is C22H25ClN2O2. The van der Waals surface area contributed by atoms with Crippen molar-refractivity contribution in [2.75, 3.05) is 19.6 Å². The van der Waals surface area contributed by atoms with Gasteiger partial charge in [-0.25, -0.2) is 0 Å². The summed E-state index contributed by atoms with van der Waals surface area (Å²) < 4.78 is 0. The van der Waals surface area contributed by atoms with Crippen LogP contribution in [0, 0.1) is 18.8 Å². The number of aromatic hydroxyl groups is 1. The van der Waals surface area contributed by atoms with Crippen molar-refractivity contribution in [2.24, 2.45) is 11.8 Å². The number of nitrogens with zero attached hydrogens (tertiary/aromatic N) is 2. The van der Waals surface area contributed by atoms with E-state index in [1.54, 1.807) is 13.0 Å². The molecule has 1 amide bonds. The summed E-state index contributed by atoms with van der Waals surface area (Å²) in [5.41, 5.74) is 3.45. The number of carbonyl (C=O) groups is 1. The van der Waals surface area contributed by atoms with Crippen LogP contribution in [0.4, 0.5) is 0 Å². The Morgan fingerprint density at radius 2 is 1.93 bits per heavy atom. The van der Waals surface area contributed by atoms with E-state index < -0.39 is 0 Å². The number of fused-ring (bicyclic) bond motifs is 1. The van der Waals surface area contributed by atoms with Crippen molar-refractivity contribution in [3.05, 3.63) is 64.2 Å². The Kier molecular flexibility index (Phi) is 4.87. The predicted octanol–water partition coefficient (Wildman–Crippen LogP) is 4.01. The maximum absolute atomic E-state index is 12.3. The van der Waals surface area contributed by atoms with Crippen LogP contribution in [0.5, 0.6) is 5.75 Å². The van der Waals surface area contributed by atoms with Crippen LogP contribution in [-0.4, -0.2) is 40.4 Å². The number of aryl methyl sites for hydroxylation is 1. The molecule has 3 atom stereocenters. The lowest BCUT2D eigenvalue weighted by Gasteiger charge is -2.30. The Hall–Kier alpha value is -2.04. The van der Waals surface area contributed by atoms with Crippen LogP contribution in [0.3, 0.4) is 0 Å². The molecule has 27 heavy (non-hydrogen) atoms. The van der Waals surface area contributed by atoms with Gasteiger partial charge in [-0.3, -0.25) is 9.69 Å². The number of phenolic OH excluding ortho intramolecular Hbond substituents is 1. The topological polar surface area (TPSA) is 43.8 Å². The Morgan fingerprint density at radius 1 is 1.15 bits per heavy atom.